The molecule has 0 spiro atoms. The maximum absolute atomic E-state index is 2.47. The predicted octanol–water partition coefficient (Wildman–Crippen LogP) is 18.0. The molecule has 3 nitrogen and oxygen atoms in total. The van der Waals surface area contributed by atoms with Gasteiger partial charge in [0.05, 0.1) is 22.4 Å². The molecule has 13 rings (SSSR count). The number of benzene rings is 11. The SMILES string of the molecule is CC1(C)c2cc(N(c3cccc(-c4ccccc4)c3)c3ccc4c(c3)c3ccccc3n4-c3ccccc3)ccc2-c2ccc(N(c3cccc4ccccc34)c3cccc4ccccc34)cc21. The Labute approximate surface area is 397 Å². The van der Waals surface area contributed by atoms with Crippen molar-refractivity contribution in [1.29, 1.82) is 0 Å². The van der Waals surface area contributed by atoms with Gasteiger partial charge in [-0.3, -0.25) is 0 Å². The molecule has 0 N–H and O–H groups in total. The number of anilines is 6. The third kappa shape index (κ3) is 6.35. The van der Waals surface area contributed by atoms with Gasteiger partial charge in [0.1, 0.15) is 0 Å². The van der Waals surface area contributed by atoms with Gasteiger partial charge in [0.2, 0.25) is 0 Å². The van der Waals surface area contributed by atoms with Gasteiger partial charge in [0.15, 0.2) is 0 Å². The number of rotatable bonds is 8. The van der Waals surface area contributed by atoms with E-state index in [4.69, 9.17) is 0 Å². The van der Waals surface area contributed by atoms with Crippen molar-refractivity contribution in [1.82, 2.24) is 4.57 Å². The van der Waals surface area contributed by atoms with Crippen LogP contribution in [0.1, 0.15) is 25.0 Å². The number of hydrogen-bond donors (Lipinski definition) is 0. The zero-order chi connectivity index (χ0) is 45.3. The number of para-hydroxylation sites is 2. The van der Waals surface area contributed by atoms with Crippen LogP contribution in [0.5, 0.6) is 0 Å². The van der Waals surface area contributed by atoms with Crippen LogP contribution >= 0.6 is 0 Å². The zero-order valence-electron chi connectivity index (χ0n) is 38.0. The predicted molar refractivity (Wildman–Crippen MR) is 288 cm³/mol. The van der Waals surface area contributed by atoms with E-state index in [-0.39, 0.29) is 5.41 Å². The molecule has 0 radical (unpaired) electrons. The Morgan fingerprint density at radius 1 is 0.324 bits per heavy atom. The quantitative estimate of drug-likeness (QED) is 0.151. The number of hydrogen-bond acceptors (Lipinski definition) is 2. The molecular weight excluding hydrogens is 823 g/mol. The molecule has 1 aliphatic rings. The standard InChI is InChI=1S/C65H47N3/c1-65(2)59-42-51(34-37-55(59)56-38-35-52(43-60(56)65)68(61-32-16-22-45-20-9-11-28-53(45)61)62-33-17-23-46-21-10-12-29-54(46)62)66(49-27-15-24-47(40-49)44-18-5-3-6-19-44)50-36-39-64-58(41-50)57-30-13-14-31-63(57)67(64)48-25-7-4-8-26-48/h3-43H,1-2H3. The summed E-state index contributed by atoms with van der Waals surface area (Å²) < 4.78 is 2.39. The topological polar surface area (TPSA) is 11.4 Å². The first-order valence-corrected chi connectivity index (χ1v) is 23.6. The fraction of sp³-hybridized carbons (Fsp3) is 0.0462. The number of aromatic nitrogens is 1. The third-order valence-electron chi connectivity index (χ3n) is 14.3. The number of fused-ring (bicyclic) bond motifs is 8. The Balaban J connectivity index is 0.975. The molecule has 0 unspecified atom stereocenters. The van der Waals surface area contributed by atoms with Crippen molar-refractivity contribution in [2.45, 2.75) is 19.3 Å². The first-order chi connectivity index (χ1) is 33.5. The van der Waals surface area contributed by atoms with Gasteiger partial charge in [-0.25, -0.2) is 0 Å². The summed E-state index contributed by atoms with van der Waals surface area (Å²) in [6, 6.07) is 91.2. The molecule has 0 saturated carbocycles. The highest BCUT2D eigenvalue weighted by atomic mass is 15.2. The second-order valence-corrected chi connectivity index (χ2v) is 18.6. The summed E-state index contributed by atoms with van der Waals surface area (Å²) in [6.45, 7) is 4.80. The van der Waals surface area contributed by atoms with Crippen LogP contribution in [0.15, 0.2) is 249 Å². The van der Waals surface area contributed by atoms with E-state index >= 15 is 0 Å². The first kappa shape index (κ1) is 39.7. The minimum atomic E-state index is -0.301. The van der Waals surface area contributed by atoms with Crippen LogP contribution in [-0.4, -0.2) is 4.57 Å². The fourth-order valence-electron chi connectivity index (χ4n) is 11.1. The molecule has 322 valence electrons. The van der Waals surface area contributed by atoms with E-state index in [0.29, 0.717) is 0 Å². The van der Waals surface area contributed by atoms with Crippen molar-refractivity contribution in [3.05, 3.63) is 260 Å². The van der Waals surface area contributed by atoms with Crippen LogP contribution in [0, 0.1) is 0 Å². The molecule has 0 aliphatic heterocycles. The lowest BCUT2D eigenvalue weighted by Gasteiger charge is -2.30. The minimum Gasteiger partial charge on any atom is -0.310 e. The Morgan fingerprint density at radius 2 is 0.794 bits per heavy atom. The summed E-state index contributed by atoms with van der Waals surface area (Å²) in [7, 11) is 0. The molecule has 0 atom stereocenters. The van der Waals surface area contributed by atoms with E-state index in [9.17, 15) is 0 Å². The second-order valence-electron chi connectivity index (χ2n) is 18.6. The second kappa shape index (κ2) is 15.8. The van der Waals surface area contributed by atoms with E-state index in [1.807, 2.05) is 0 Å². The Morgan fingerprint density at radius 3 is 1.46 bits per heavy atom. The van der Waals surface area contributed by atoms with E-state index < -0.39 is 0 Å². The van der Waals surface area contributed by atoms with Crippen molar-refractivity contribution >= 4 is 77.5 Å². The average Bonchev–Trinajstić information content (AvgIpc) is 3.84. The average molecular weight is 870 g/mol. The zero-order valence-corrected chi connectivity index (χ0v) is 38.0. The molecule has 68 heavy (non-hydrogen) atoms. The maximum Gasteiger partial charge on any atom is 0.0542 e. The third-order valence-corrected chi connectivity index (χ3v) is 14.3. The summed E-state index contributed by atoms with van der Waals surface area (Å²) >= 11 is 0. The summed E-state index contributed by atoms with van der Waals surface area (Å²) in [5.74, 6) is 0. The van der Waals surface area contributed by atoms with Crippen molar-refractivity contribution in [3.63, 3.8) is 0 Å². The van der Waals surface area contributed by atoms with Gasteiger partial charge >= 0.3 is 0 Å². The van der Waals surface area contributed by atoms with E-state index in [0.717, 1.165) is 39.8 Å². The largest absolute Gasteiger partial charge is 0.310 e. The van der Waals surface area contributed by atoms with Gasteiger partial charge in [-0.15, -0.1) is 0 Å². The molecular formula is C65H47N3. The normalized spacial score (nSPS) is 12.7. The smallest absolute Gasteiger partial charge is 0.0542 e. The molecule has 12 aromatic rings. The van der Waals surface area contributed by atoms with Gasteiger partial charge in [0.25, 0.3) is 0 Å². The van der Waals surface area contributed by atoms with Crippen molar-refractivity contribution in [2.75, 3.05) is 9.80 Å². The van der Waals surface area contributed by atoms with Gasteiger partial charge in [-0.2, -0.15) is 0 Å². The van der Waals surface area contributed by atoms with Crippen LogP contribution in [-0.2, 0) is 5.41 Å². The first-order valence-electron chi connectivity index (χ1n) is 23.6. The van der Waals surface area contributed by atoms with E-state index in [2.05, 4.69) is 277 Å². The Bertz CT molecular complexity index is 3810. The van der Waals surface area contributed by atoms with Crippen LogP contribution in [0.25, 0.3) is 71.3 Å². The Hall–Kier alpha value is -8.66. The van der Waals surface area contributed by atoms with Crippen molar-refractivity contribution < 1.29 is 0 Å². The van der Waals surface area contributed by atoms with Gasteiger partial charge < -0.3 is 14.4 Å². The van der Waals surface area contributed by atoms with Crippen LogP contribution in [0.2, 0.25) is 0 Å². The molecule has 0 bridgehead atoms. The molecule has 1 heterocycles. The number of nitrogens with zero attached hydrogens (tertiary/aromatic N) is 3. The van der Waals surface area contributed by atoms with Crippen molar-refractivity contribution in [2.24, 2.45) is 0 Å². The fourth-order valence-corrected chi connectivity index (χ4v) is 11.1. The molecule has 1 aliphatic carbocycles. The van der Waals surface area contributed by atoms with Crippen LogP contribution in [0.3, 0.4) is 0 Å². The molecule has 11 aromatic carbocycles. The monoisotopic (exact) mass is 869 g/mol. The van der Waals surface area contributed by atoms with Gasteiger partial charge in [-0.05, 0) is 129 Å². The summed E-state index contributed by atoms with van der Waals surface area (Å²) in [4.78, 5) is 4.93. The van der Waals surface area contributed by atoms with E-state index in [1.165, 1.54) is 76.7 Å². The lowest BCUT2D eigenvalue weighted by Crippen LogP contribution is -2.18. The highest BCUT2D eigenvalue weighted by Gasteiger charge is 2.37. The molecule has 0 saturated heterocycles. The molecule has 1 aromatic heterocycles. The maximum atomic E-state index is 2.47. The summed E-state index contributed by atoms with van der Waals surface area (Å²) in [5.41, 5.74) is 17.6. The molecule has 3 heteroatoms. The summed E-state index contributed by atoms with van der Waals surface area (Å²) in [6.07, 6.45) is 0. The summed E-state index contributed by atoms with van der Waals surface area (Å²) in [5, 5.41) is 7.32. The van der Waals surface area contributed by atoms with Crippen LogP contribution < -0.4 is 9.80 Å². The lowest BCUT2D eigenvalue weighted by atomic mass is 9.82. The van der Waals surface area contributed by atoms with E-state index in [1.54, 1.807) is 0 Å². The van der Waals surface area contributed by atoms with Crippen molar-refractivity contribution in [3.8, 4) is 27.9 Å². The van der Waals surface area contributed by atoms with Gasteiger partial charge in [0, 0.05) is 55.4 Å². The lowest BCUT2D eigenvalue weighted by molar-refractivity contribution is 0.660. The highest BCUT2D eigenvalue weighted by molar-refractivity contribution is 6.11. The van der Waals surface area contributed by atoms with Crippen LogP contribution in [0.4, 0.5) is 34.1 Å². The molecule has 0 fully saturated rings. The Kier molecular flexibility index (Phi) is 9.19. The highest BCUT2D eigenvalue weighted by Crippen LogP contribution is 2.53. The van der Waals surface area contributed by atoms with Gasteiger partial charge in [-0.1, -0.05) is 178 Å². The minimum absolute atomic E-state index is 0.301. The molecule has 0 amide bonds.